The first-order valence-electron chi connectivity index (χ1n) is 7.86. The van der Waals surface area contributed by atoms with Gasteiger partial charge in [-0.3, -0.25) is 0 Å². The maximum atomic E-state index is 13.0. The molecule has 1 aromatic heterocycles. The maximum absolute atomic E-state index is 13.0. The number of rotatable bonds is 5. The van der Waals surface area contributed by atoms with Gasteiger partial charge in [-0.1, -0.05) is 30.3 Å². The molecule has 0 amide bonds. The van der Waals surface area contributed by atoms with Crippen LogP contribution in [0.5, 0.6) is 5.88 Å². The normalized spacial score (nSPS) is 19.1. The Kier molecular flexibility index (Phi) is 5.13. The zero-order chi connectivity index (χ0) is 17.0. The molecule has 6 nitrogen and oxygen atoms in total. The second-order valence-corrected chi connectivity index (χ2v) is 7.27. The van der Waals surface area contributed by atoms with Crippen LogP contribution in [0.4, 0.5) is 0 Å². The number of pyridine rings is 1. The molecule has 3 rings (SSSR count). The van der Waals surface area contributed by atoms with Gasteiger partial charge in [0.25, 0.3) is 0 Å². The first kappa shape index (κ1) is 16.9. The third-order valence-corrected chi connectivity index (χ3v) is 5.76. The van der Waals surface area contributed by atoms with E-state index in [0.717, 1.165) is 5.56 Å². The Morgan fingerprint density at radius 1 is 1.25 bits per heavy atom. The fourth-order valence-electron chi connectivity index (χ4n) is 2.70. The van der Waals surface area contributed by atoms with Crippen LogP contribution in [0.1, 0.15) is 18.5 Å². The third kappa shape index (κ3) is 3.43. The number of sulfonamides is 1. The molecule has 1 unspecified atom stereocenters. The van der Waals surface area contributed by atoms with Crippen molar-refractivity contribution in [1.29, 1.82) is 0 Å². The van der Waals surface area contributed by atoms with E-state index in [1.165, 1.54) is 16.6 Å². The summed E-state index contributed by atoms with van der Waals surface area (Å²) in [5.41, 5.74) is 0.916. The van der Waals surface area contributed by atoms with Crippen LogP contribution < -0.4 is 4.74 Å². The fourth-order valence-corrected chi connectivity index (χ4v) is 4.23. The predicted molar refractivity (Wildman–Crippen MR) is 89.3 cm³/mol. The number of nitrogens with zero attached hydrogens (tertiary/aromatic N) is 2. The van der Waals surface area contributed by atoms with Crippen molar-refractivity contribution in [1.82, 2.24) is 9.29 Å². The summed E-state index contributed by atoms with van der Waals surface area (Å²) in [5.74, 6) is 0.415. The van der Waals surface area contributed by atoms with Crippen molar-refractivity contribution in [2.75, 3.05) is 26.4 Å². The standard InChI is InChI=1S/C17H20N2O4S/c1-2-23-17-9-8-15(12-18-17)24(20,21)19-10-11-22-13-16(19)14-6-4-3-5-7-14/h3-9,12,16H,2,10-11,13H2,1H3. The lowest BCUT2D eigenvalue weighted by Crippen LogP contribution is -2.43. The van der Waals surface area contributed by atoms with Gasteiger partial charge in [-0.25, -0.2) is 13.4 Å². The number of morpholine rings is 1. The number of ether oxygens (including phenoxy) is 2. The molecule has 0 radical (unpaired) electrons. The predicted octanol–water partition coefficient (Wildman–Crippen LogP) is 2.24. The fraction of sp³-hybridized carbons (Fsp3) is 0.353. The molecule has 1 atom stereocenters. The Morgan fingerprint density at radius 2 is 2.04 bits per heavy atom. The minimum absolute atomic E-state index is 0.161. The van der Waals surface area contributed by atoms with E-state index in [0.29, 0.717) is 32.2 Å². The van der Waals surface area contributed by atoms with Gasteiger partial charge in [0.05, 0.1) is 32.1 Å². The third-order valence-electron chi connectivity index (χ3n) is 3.87. The van der Waals surface area contributed by atoms with Gasteiger partial charge in [0, 0.05) is 12.6 Å². The second kappa shape index (κ2) is 7.29. The molecule has 0 aliphatic carbocycles. The van der Waals surface area contributed by atoms with Gasteiger partial charge in [-0.2, -0.15) is 4.31 Å². The van der Waals surface area contributed by atoms with Crippen LogP contribution in [-0.2, 0) is 14.8 Å². The highest BCUT2D eigenvalue weighted by Gasteiger charge is 2.35. The monoisotopic (exact) mass is 348 g/mol. The lowest BCUT2D eigenvalue weighted by Gasteiger charge is -2.34. The summed E-state index contributed by atoms with van der Waals surface area (Å²) in [7, 11) is -3.66. The van der Waals surface area contributed by atoms with Gasteiger partial charge in [0.15, 0.2) is 0 Å². The van der Waals surface area contributed by atoms with Crippen LogP contribution in [0.2, 0.25) is 0 Å². The number of hydrogen-bond acceptors (Lipinski definition) is 5. The Balaban J connectivity index is 1.91. The Hall–Kier alpha value is -1.96. The maximum Gasteiger partial charge on any atom is 0.245 e. The lowest BCUT2D eigenvalue weighted by atomic mass is 10.1. The average Bonchev–Trinajstić information content (AvgIpc) is 2.63. The highest BCUT2D eigenvalue weighted by molar-refractivity contribution is 7.89. The molecule has 128 valence electrons. The summed E-state index contributed by atoms with van der Waals surface area (Å²) in [6.45, 7) is 3.37. The topological polar surface area (TPSA) is 68.7 Å². The molecule has 0 bridgehead atoms. The Labute approximate surface area is 142 Å². The van der Waals surface area contributed by atoms with E-state index in [1.807, 2.05) is 37.3 Å². The summed E-state index contributed by atoms with van der Waals surface area (Å²) < 4.78 is 38.3. The van der Waals surface area contributed by atoms with Gasteiger partial charge in [-0.15, -0.1) is 0 Å². The molecule has 24 heavy (non-hydrogen) atoms. The molecule has 1 aliphatic rings. The molecular formula is C17H20N2O4S. The smallest absolute Gasteiger partial charge is 0.245 e. The minimum Gasteiger partial charge on any atom is -0.478 e. The van der Waals surface area contributed by atoms with Crippen molar-refractivity contribution in [3.05, 3.63) is 54.2 Å². The van der Waals surface area contributed by atoms with Gasteiger partial charge < -0.3 is 9.47 Å². The Morgan fingerprint density at radius 3 is 2.71 bits per heavy atom. The van der Waals surface area contributed by atoms with E-state index in [-0.39, 0.29) is 10.9 Å². The Bertz CT molecular complexity index is 763. The molecule has 0 saturated carbocycles. The van der Waals surface area contributed by atoms with E-state index < -0.39 is 10.0 Å². The first-order chi connectivity index (χ1) is 11.6. The summed E-state index contributed by atoms with van der Waals surface area (Å²) >= 11 is 0. The number of aromatic nitrogens is 1. The molecule has 1 fully saturated rings. The van der Waals surface area contributed by atoms with Crippen LogP contribution in [0.15, 0.2) is 53.6 Å². The summed E-state index contributed by atoms with van der Waals surface area (Å²) in [6.07, 6.45) is 1.35. The van der Waals surface area contributed by atoms with Crippen molar-refractivity contribution in [2.24, 2.45) is 0 Å². The van der Waals surface area contributed by atoms with Crippen LogP contribution in [0.25, 0.3) is 0 Å². The van der Waals surface area contributed by atoms with E-state index in [4.69, 9.17) is 9.47 Å². The van der Waals surface area contributed by atoms with Crippen molar-refractivity contribution < 1.29 is 17.9 Å². The van der Waals surface area contributed by atoms with Crippen LogP contribution in [-0.4, -0.2) is 44.1 Å². The van der Waals surface area contributed by atoms with Gasteiger partial charge in [-0.05, 0) is 18.6 Å². The molecular weight excluding hydrogens is 328 g/mol. The highest BCUT2D eigenvalue weighted by Crippen LogP contribution is 2.30. The molecule has 1 aliphatic heterocycles. The molecule has 0 spiro atoms. The van der Waals surface area contributed by atoms with E-state index in [9.17, 15) is 8.42 Å². The van der Waals surface area contributed by atoms with Gasteiger partial charge >= 0.3 is 0 Å². The first-order valence-corrected chi connectivity index (χ1v) is 9.30. The number of benzene rings is 1. The van der Waals surface area contributed by atoms with Crippen molar-refractivity contribution in [3.63, 3.8) is 0 Å². The van der Waals surface area contributed by atoms with Crippen LogP contribution in [0.3, 0.4) is 0 Å². The van der Waals surface area contributed by atoms with E-state index >= 15 is 0 Å². The van der Waals surface area contributed by atoms with E-state index in [2.05, 4.69) is 4.98 Å². The molecule has 1 aromatic carbocycles. The second-order valence-electron chi connectivity index (χ2n) is 5.38. The molecule has 0 N–H and O–H groups in total. The lowest BCUT2D eigenvalue weighted by molar-refractivity contribution is 0.0320. The zero-order valence-corrected chi connectivity index (χ0v) is 14.3. The molecule has 2 aromatic rings. The minimum atomic E-state index is -3.66. The van der Waals surface area contributed by atoms with Crippen LogP contribution in [0, 0.1) is 0 Å². The molecule has 7 heteroatoms. The van der Waals surface area contributed by atoms with Gasteiger partial charge in [0.2, 0.25) is 15.9 Å². The summed E-state index contributed by atoms with van der Waals surface area (Å²) in [6, 6.07) is 12.3. The summed E-state index contributed by atoms with van der Waals surface area (Å²) in [5, 5.41) is 0. The highest BCUT2D eigenvalue weighted by atomic mass is 32.2. The molecule has 1 saturated heterocycles. The largest absolute Gasteiger partial charge is 0.478 e. The zero-order valence-electron chi connectivity index (χ0n) is 13.5. The van der Waals surface area contributed by atoms with Crippen molar-refractivity contribution >= 4 is 10.0 Å². The van der Waals surface area contributed by atoms with Crippen molar-refractivity contribution in [3.8, 4) is 5.88 Å². The van der Waals surface area contributed by atoms with Gasteiger partial charge in [0.1, 0.15) is 4.90 Å². The summed E-state index contributed by atoms with van der Waals surface area (Å²) in [4.78, 5) is 4.23. The van der Waals surface area contributed by atoms with E-state index in [1.54, 1.807) is 6.07 Å². The quantitative estimate of drug-likeness (QED) is 0.829. The van der Waals surface area contributed by atoms with Crippen LogP contribution >= 0.6 is 0 Å². The van der Waals surface area contributed by atoms with Crippen molar-refractivity contribution in [2.45, 2.75) is 17.9 Å². The molecule has 2 heterocycles. The average molecular weight is 348 g/mol. The number of hydrogen-bond donors (Lipinski definition) is 0. The SMILES string of the molecule is CCOc1ccc(S(=O)(=O)N2CCOCC2c2ccccc2)cn1.